The van der Waals surface area contributed by atoms with Gasteiger partial charge in [0, 0.05) is 0 Å². The molecule has 0 amide bonds. The topological polar surface area (TPSA) is 46.5 Å². The van der Waals surface area contributed by atoms with Crippen molar-refractivity contribution in [3.63, 3.8) is 0 Å². The maximum Gasteiger partial charge on any atom is 0.310 e. The second-order valence-electron chi connectivity index (χ2n) is 4.75. The molecule has 1 aliphatic carbocycles. The number of aliphatic carboxylic acids is 1. The summed E-state index contributed by atoms with van der Waals surface area (Å²) in [7, 11) is 0. The van der Waals surface area contributed by atoms with Gasteiger partial charge < -0.3 is 9.84 Å². The van der Waals surface area contributed by atoms with E-state index in [2.05, 4.69) is 0 Å². The van der Waals surface area contributed by atoms with Crippen molar-refractivity contribution in [2.75, 3.05) is 6.61 Å². The largest absolute Gasteiger partial charge is 0.493 e. The molecule has 0 spiro atoms. The summed E-state index contributed by atoms with van der Waals surface area (Å²) >= 11 is 0. The molecule has 1 aliphatic rings. The van der Waals surface area contributed by atoms with Crippen LogP contribution in [0, 0.1) is 17.7 Å². The summed E-state index contributed by atoms with van der Waals surface area (Å²) < 4.78 is 18.2. The van der Waals surface area contributed by atoms with Crippen LogP contribution in [0.2, 0.25) is 0 Å². The fourth-order valence-corrected chi connectivity index (χ4v) is 2.49. The number of carboxylic acids is 1. The first-order valence-corrected chi connectivity index (χ1v) is 6.28. The molecular formula is C14H17FO3. The Labute approximate surface area is 106 Å². The molecule has 18 heavy (non-hydrogen) atoms. The van der Waals surface area contributed by atoms with Gasteiger partial charge in [-0.2, -0.15) is 0 Å². The van der Waals surface area contributed by atoms with Gasteiger partial charge in [0.05, 0.1) is 5.92 Å². The Morgan fingerprint density at radius 3 is 2.50 bits per heavy atom. The van der Waals surface area contributed by atoms with Crippen LogP contribution >= 0.6 is 0 Å². The molecule has 2 rings (SSSR count). The highest BCUT2D eigenvalue weighted by Crippen LogP contribution is 2.32. The van der Waals surface area contributed by atoms with Crippen molar-refractivity contribution in [1.29, 1.82) is 0 Å². The van der Waals surface area contributed by atoms with E-state index >= 15 is 0 Å². The van der Waals surface area contributed by atoms with Crippen LogP contribution in [0.3, 0.4) is 0 Å². The molecule has 1 fully saturated rings. The lowest BCUT2D eigenvalue weighted by atomic mass is 9.92. The van der Waals surface area contributed by atoms with Crippen molar-refractivity contribution in [3.05, 3.63) is 30.1 Å². The third kappa shape index (κ3) is 3.22. The summed E-state index contributed by atoms with van der Waals surface area (Å²) in [6.45, 7) is 0.158. The Morgan fingerprint density at radius 1 is 1.33 bits per heavy atom. The lowest BCUT2D eigenvalue weighted by Gasteiger charge is -2.19. The smallest absolute Gasteiger partial charge is 0.310 e. The van der Waals surface area contributed by atoms with Crippen molar-refractivity contribution < 1.29 is 19.0 Å². The molecule has 1 N–H and O–H groups in total. The lowest BCUT2D eigenvalue weighted by molar-refractivity contribution is -0.144. The minimum Gasteiger partial charge on any atom is -0.493 e. The lowest BCUT2D eigenvalue weighted by Crippen LogP contribution is -2.28. The third-order valence-electron chi connectivity index (χ3n) is 3.53. The van der Waals surface area contributed by atoms with E-state index < -0.39 is 11.9 Å². The number of carboxylic acid groups (broad SMARTS) is 1. The number of benzene rings is 1. The summed E-state index contributed by atoms with van der Waals surface area (Å²) in [4.78, 5) is 11.2. The van der Waals surface area contributed by atoms with Gasteiger partial charge >= 0.3 is 5.97 Å². The van der Waals surface area contributed by atoms with E-state index in [0.29, 0.717) is 5.75 Å². The fourth-order valence-electron chi connectivity index (χ4n) is 2.49. The Kier molecular flexibility index (Phi) is 4.18. The molecule has 1 saturated carbocycles. The minimum atomic E-state index is -0.802. The molecule has 0 heterocycles. The Morgan fingerprint density at radius 2 is 1.94 bits per heavy atom. The standard InChI is InChI=1S/C14H17FO3/c15-11-5-7-12(8-6-11)18-9-13(14(16)17)10-3-1-2-4-10/h5-8,10,13H,1-4,9H2,(H,16,17). The highest BCUT2D eigenvalue weighted by Gasteiger charge is 2.31. The molecule has 98 valence electrons. The zero-order valence-electron chi connectivity index (χ0n) is 10.1. The molecule has 0 saturated heterocycles. The van der Waals surface area contributed by atoms with Crippen molar-refractivity contribution >= 4 is 5.97 Å². The van der Waals surface area contributed by atoms with Gasteiger partial charge in [-0.15, -0.1) is 0 Å². The zero-order valence-corrected chi connectivity index (χ0v) is 10.1. The van der Waals surface area contributed by atoms with Crippen LogP contribution in [0.4, 0.5) is 4.39 Å². The zero-order chi connectivity index (χ0) is 13.0. The SMILES string of the molecule is O=C(O)C(COc1ccc(F)cc1)C1CCCC1. The fraction of sp³-hybridized carbons (Fsp3) is 0.500. The summed E-state index contributed by atoms with van der Waals surface area (Å²) in [6.07, 6.45) is 4.13. The van der Waals surface area contributed by atoms with Crippen LogP contribution in [0.5, 0.6) is 5.75 Å². The van der Waals surface area contributed by atoms with E-state index in [4.69, 9.17) is 4.74 Å². The van der Waals surface area contributed by atoms with Gasteiger partial charge in [-0.3, -0.25) is 4.79 Å². The van der Waals surface area contributed by atoms with Crippen LogP contribution in [0.1, 0.15) is 25.7 Å². The van der Waals surface area contributed by atoms with E-state index in [1.54, 1.807) is 0 Å². The number of ether oxygens (including phenoxy) is 1. The molecule has 1 unspecified atom stereocenters. The first-order valence-electron chi connectivity index (χ1n) is 6.28. The summed E-state index contributed by atoms with van der Waals surface area (Å²) in [5.41, 5.74) is 0. The van der Waals surface area contributed by atoms with Gasteiger partial charge in [0.25, 0.3) is 0 Å². The van der Waals surface area contributed by atoms with Crippen LogP contribution in [0.15, 0.2) is 24.3 Å². The third-order valence-corrected chi connectivity index (χ3v) is 3.53. The summed E-state index contributed by atoms with van der Waals surface area (Å²) in [6, 6.07) is 5.65. The second kappa shape index (κ2) is 5.85. The average molecular weight is 252 g/mol. The molecular weight excluding hydrogens is 235 g/mol. The van der Waals surface area contributed by atoms with Crippen molar-refractivity contribution in [2.24, 2.45) is 11.8 Å². The van der Waals surface area contributed by atoms with E-state index in [1.165, 1.54) is 24.3 Å². The number of halogens is 1. The Hall–Kier alpha value is -1.58. The Bertz CT molecular complexity index is 396. The van der Waals surface area contributed by atoms with E-state index in [-0.39, 0.29) is 18.3 Å². The monoisotopic (exact) mass is 252 g/mol. The predicted molar refractivity (Wildman–Crippen MR) is 65.0 cm³/mol. The highest BCUT2D eigenvalue weighted by atomic mass is 19.1. The molecule has 3 nitrogen and oxygen atoms in total. The summed E-state index contributed by atoms with van der Waals surface area (Å²) in [5.74, 6) is -0.863. The van der Waals surface area contributed by atoms with E-state index in [9.17, 15) is 14.3 Å². The van der Waals surface area contributed by atoms with Gasteiger partial charge in [-0.1, -0.05) is 12.8 Å². The minimum absolute atomic E-state index is 0.158. The number of carbonyl (C=O) groups is 1. The van der Waals surface area contributed by atoms with Crippen LogP contribution in [0.25, 0.3) is 0 Å². The first kappa shape index (κ1) is 12.9. The molecule has 1 atom stereocenters. The normalized spacial score (nSPS) is 17.6. The van der Waals surface area contributed by atoms with Crippen LogP contribution in [-0.4, -0.2) is 17.7 Å². The predicted octanol–water partition coefficient (Wildman–Crippen LogP) is 3.10. The molecule has 0 aromatic heterocycles. The molecule has 4 heteroatoms. The van der Waals surface area contributed by atoms with Crippen molar-refractivity contribution in [1.82, 2.24) is 0 Å². The highest BCUT2D eigenvalue weighted by molar-refractivity contribution is 5.70. The number of hydrogen-bond donors (Lipinski definition) is 1. The maximum atomic E-state index is 12.7. The first-order chi connectivity index (χ1) is 8.66. The van der Waals surface area contributed by atoms with Crippen LogP contribution < -0.4 is 4.74 Å². The van der Waals surface area contributed by atoms with Crippen LogP contribution in [-0.2, 0) is 4.79 Å². The van der Waals surface area contributed by atoms with E-state index in [0.717, 1.165) is 25.7 Å². The van der Waals surface area contributed by atoms with Gasteiger partial charge in [0.2, 0.25) is 0 Å². The van der Waals surface area contributed by atoms with Gasteiger partial charge in [0.15, 0.2) is 0 Å². The van der Waals surface area contributed by atoms with Gasteiger partial charge in [0.1, 0.15) is 18.2 Å². The molecule has 1 aromatic rings. The molecule has 0 radical (unpaired) electrons. The quantitative estimate of drug-likeness (QED) is 0.875. The Balaban J connectivity index is 1.93. The maximum absolute atomic E-state index is 12.7. The molecule has 0 aliphatic heterocycles. The molecule has 1 aromatic carbocycles. The van der Waals surface area contributed by atoms with Crippen molar-refractivity contribution in [2.45, 2.75) is 25.7 Å². The number of hydrogen-bond acceptors (Lipinski definition) is 2. The molecule has 0 bridgehead atoms. The van der Waals surface area contributed by atoms with Gasteiger partial charge in [-0.05, 0) is 43.0 Å². The number of rotatable bonds is 5. The van der Waals surface area contributed by atoms with Gasteiger partial charge in [-0.25, -0.2) is 4.39 Å². The second-order valence-corrected chi connectivity index (χ2v) is 4.75. The summed E-state index contributed by atoms with van der Waals surface area (Å²) in [5, 5.41) is 9.22. The average Bonchev–Trinajstić information content (AvgIpc) is 2.85. The van der Waals surface area contributed by atoms with E-state index in [1.807, 2.05) is 0 Å². The van der Waals surface area contributed by atoms with Crippen molar-refractivity contribution in [3.8, 4) is 5.75 Å².